The van der Waals surface area contributed by atoms with Crippen molar-refractivity contribution in [2.24, 2.45) is 0 Å². The fourth-order valence-corrected chi connectivity index (χ4v) is 3.78. The maximum Gasteiger partial charge on any atom is 0.242 e. The van der Waals surface area contributed by atoms with E-state index >= 15 is 0 Å². The second kappa shape index (κ2) is 6.31. The Morgan fingerprint density at radius 2 is 2.10 bits per heavy atom. The van der Waals surface area contributed by atoms with E-state index in [1.165, 1.54) is 4.88 Å². The van der Waals surface area contributed by atoms with E-state index in [1.807, 2.05) is 47.2 Å². The van der Waals surface area contributed by atoms with E-state index in [2.05, 4.69) is 17.5 Å². The van der Waals surface area contributed by atoms with Gasteiger partial charge < -0.3 is 9.80 Å². The number of hydrogen-bond donors (Lipinski definition) is 0. The number of carbonyl (C=O) groups excluding carboxylic acids is 1. The number of likely N-dealkylation sites (tertiary alicyclic amines) is 1. The predicted molar refractivity (Wildman–Crippen MR) is 87.7 cm³/mol. The largest absolute Gasteiger partial charge is 0.365 e. The van der Waals surface area contributed by atoms with Crippen LogP contribution >= 0.6 is 11.3 Å². The van der Waals surface area contributed by atoms with Crippen LogP contribution in [0.4, 0.5) is 5.69 Å². The molecule has 4 heteroatoms. The molecule has 3 rings (SSSR count). The highest BCUT2D eigenvalue weighted by atomic mass is 32.1. The molecule has 2 heterocycles. The van der Waals surface area contributed by atoms with Crippen molar-refractivity contribution < 1.29 is 4.79 Å². The zero-order valence-corrected chi connectivity index (χ0v) is 13.1. The number of benzene rings is 1. The normalized spacial score (nSPS) is 18.0. The highest BCUT2D eigenvalue weighted by Gasteiger charge is 2.30. The number of thiophene rings is 1. The van der Waals surface area contributed by atoms with Crippen molar-refractivity contribution in [2.75, 3.05) is 25.0 Å². The molecule has 1 atom stereocenters. The molecule has 1 aromatic heterocycles. The van der Waals surface area contributed by atoms with Gasteiger partial charge in [-0.05, 0) is 36.4 Å². The van der Waals surface area contributed by atoms with Crippen LogP contribution in [0.25, 0.3) is 0 Å². The summed E-state index contributed by atoms with van der Waals surface area (Å²) in [5, 5.41) is 2.09. The number of rotatable bonds is 4. The average Bonchev–Trinajstić information content (AvgIpc) is 3.18. The first kappa shape index (κ1) is 14.1. The molecule has 1 saturated heterocycles. The van der Waals surface area contributed by atoms with Crippen LogP contribution in [0, 0.1) is 0 Å². The van der Waals surface area contributed by atoms with Crippen LogP contribution in [0.1, 0.15) is 23.8 Å². The molecule has 0 radical (unpaired) electrons. The molecule has 1 aromatic carbocycles. The first-order valence-corrected chi connectivity index (χ1v) is 8.23. The Bertz CT molecular complexity index is 582. The van der Waals surface area contributed by atoms with Crippen LogP contribution in [0.5, 0.6) is 0 Å². The Labute approximate surface area is 129 Å². The van der Waals surface area contributed by atoms with Crippen LogP contribution in [-0.2, 0) is 4.79 Å². The van der Waals surface area contributed by atoms with Crippen molar-refractivity contribution in [2.45, 2.75) is 18.9 Å². The summed E-state index contributed by atoms with van der Waals surface area (Å²) in [5.41, 5.74) is 1.08. The van der Waals surface area contributed by atoms with Gasteiger partial charge in [0.2, 0.25) is 5.91 Å². The van der Waals surface area contributed by atoms with Crippen molar-refractivity contribution in [3.8, 4) is 0 Å². The Morgan fingerprint density at radius 1 is 1.29 bits per heavy atom. The zero-order valence-electron chi connectivity index (χ0n) is 12.2. The third-order valence-electron chi connectivity index (χ3n) is 4.01. The topological polar surface area (TPSA) is 23.6 Å². The summed E-state index contributed by atoms with van der Waals surface area (Å²) < 4.78 is 0. The van der Waals surface area contributed by atoms with E-state index in [1.54, 1.807) is 11.3 Å². The summed E-state index contributed by atoms with van der Waals surface area (Å²) in [4.78, 5) is 18.0. The highest BCUT2D eigenvalue weighted by Crippen LogP contribution is 2.34. The van der Waals surface area contributed by atoms with Gasteiger partial charge in [-0.2, -0.15) is 0 Å². The summed E-state index contributed by atoms with van der Waals surface area (Å²) in [6.45, 7) is 1.32. The molecule has 1 unspecified atom stereocenters. The summed E-state index contributed by atoms with van der Waals surface area (Å²) in [5.74, 6) is 0.220. The van der Waals surface area contributed by atoms with Gasteiger partial charge in [0, 0.05) is 24.2 Å². The van der Waals surface area contributed by atoms with Crippen molar-refractivity contribution in [3.05, 3.63) is 52.7 Å². The number of anilines is 1. The number of para-hydroxylation sites is 1. The molecular weight excluding hydrogens is 280 g/mol. The van der Waals surface area contributed by atoms with Crippen molar-refractivity contribution in [3.63, 3.8) is 0 Å². The Kier molecular flexibility index (Phi) is 4.25. The van der Waals surface area contributed by atoms with Crippen LogP contribution in [0.3, 0.4) is 0 Å². The fraction of sp³-hybridized carbons (Fsp3) is 0.353. The van der Waals surface area contributed by atoms with Gasteiger partial charge in [0.15, 0.2) is 0 Å². The summed E-state index contributed by atoms with van der Waals surface area (Å²) >= 11 is 1.75. The maximum absolute atomic E-state index is 12.6. The molecule has 0 bridgehead atoms. The SMILES string of the molecule is CN(CC(=O)N1CCCC1c1cccs1)c1ccccc1. The molecule has 0 spiro atoms. The maximum atomic E-state index is 12.6. The molecule has 1 aliphatic heterocycles. The zero-order chi connectivity index (χ0) is 14.7. The van der Waals surface area contributed by atoms with Gasteiger partial charge in [-0.25, -0.2) is 0 Å². The van der Waals surface area contributed by atoms with Gasteiger partial charge in [-0.1, -0.05) is 24.3 Å². The van der Waals surface area contributed by atoms with E-state index in [0.717, 1.165) is 25.1 Å². The molecule has 110 valence electrons. The average molecular weight is 300 g/mol. The molecule has 1 fully saturated rings. The Morgan fingerprint density at radius 3 is 2.81 bits per heavy atom. The molecule has 3 nitrogen and oxygen atoms in total. The number of nitrogens with zero attached hydrogens (tertiary/aromatic N) is 2. The third kappa shape index (κ3) is 3.10. The lowest BCUT2D eigenvalue weighted by molar-refractivity contribution is -0.130. The quantitative estimate of drug-likeness (QED) is 0.862. The third-order valence-corrected chi connectivity index (χ3v) is 4.99. The predicted octanol–water partition coefficient (Wildman–Crippen LogP) is 3.55. The van der Waals surface area contributed by atoms with E-state index in [9.17, 15) is 4.79 Å². The molecule has 1 amide bonds. The second-order valence-electron chi connectivity index (χ2n) is 5.45. The summed E-state index contributed by atoms with van der Waals surface area (Å²) in [6, 6.07) is 14.6. The lowest BCUT2D eigenvalue weighted by Crippen LogP contribution is -2.38. The van der Waals surface area contributed by atoms with Gasteiger partial charge in [-0.15, -0.1) is 11.3 Å². The smallest absolute Gasteiger partial charge is 0.242 e. The van der Waals surface area contributed by atoms with Crippen LogP contribution in [0.2, 0.25) is 0 Å². The Balaban J connectivity index is 1.67. The number of likely N-dealkylation sites (N-methyl/N-ethyl adjacent to an activating group) is 1. The van der Waals surface area contributed by atoms with Crippen molar-refractivity contribution in [1.82, 2.24) is 4.90 Å². The van der Waals surface area contributed by atoms with Gasteiger partial charge in [0.05, 0.1) is 12.6 Å². The molecule has 21 heavy (non-hydrogen) atoms. The fourth-order valence-electron chi connectivity index (χ4n) is 2.91. The van der Waals surface area contributed by atoms with Gasteiger partial charge in [0.25, 0.3) is 0 Å². The minimum Gasteiger partial charge on any atom is -0.365 e. The first-order chi connectivity index (χ1) is 10.3. The molecule has 0 aliphatic carbocycles. The minimum absolute atomic E-state index is 0.220. The molecule has 1 aliphatic rings. The molecular formula is C17H20N2OS. The Hall–Kier alpha value is -1.81. The molecule has 0 saturated carbocycles. The van der Waals surface area contributed by atoms with Gasteiger partial charge in [-0.3, -0.25) is 4.79 Å². The lowest BCUT2D eigenvalue weighted by Gasteiger charge is -2.27. The van der Waals surface area contributed by atoms with Gasteiger partial charge >= 0.3 is 0 Å². The standard InChI is InChI=1S/C17H20N2OS/c1-18(14-7-3-2-4-8-14)13-17(20)19-11-5-9-15(19)16-10-6-12-21-16/h2-4,6-8,10,12,15H,5,9,11,13H2,1H3. The van der Waals surface area contributed by atoms with Crippen molar-refractivity contribution in [1.29, 1.82) is 0 Å². The highest BCUT2D eigenvalue weighted by molar-refractivity contribution is 7.10. The molecule has 2 aromatic rings. The van der Waals surface area contributed by atoms with Crippen LogP contribution < -0.4 is 4.90 Å². The first-order valence-electron chi connectivity index (χ1n) is 7.35. The van der Waals surface area contributed by atoms with E-state index < -0.39 is 0 Å². The van der Waals surface area contributed by atoms with Gasteiger partial charge in [0.1, 0.15) is 0 Å². The number of amides is 1. The number of hydrogen-bond acceptors (Lipinski definition) is 3. The minimum atomic E-state index is 0.220. The lowest BCUT2D eigenvalue weighted by atomic mass is 10.2. The number of carbonyl (C=O) groups is 1. The summed E-state index contributed by atoms with van der Waals surface area (Å²) in [7, 11) is 1.98. The van der Waals surface area contributed by atoms with E-state index in [4.69, 9.17) is 0 Å². The monoisotopic (exact) mass is 300 g/mol. The van der Waals surface area contributed by atoms with E-state index in [-0.39, 0.29) is 11.9 Å². The van der Waals surface area contributed by atoms with Crippen LogP contribution in [0.15, 0.2) is 47.8 Å². The summed E-state index contributed by atoms with van der Waals surface area (Å²) in [6.07, 6.45) is 2.19. The van der Waals surface area contributed by atoms with E-state index in [0.29, 0.717) is 6.54 Å². The van der Waals surface area contributed by atoms with Crippen LogP contribution in [-0.4, -0.2) is 30.9 Å². The second-order valence-corrected chi connectivity index (χ2v) is 6.43. The van der Waals surface area contributed by atoms with Crippen molar-refractivity contribution >= 4 is 22.9 Å². The molecule has 0 N–H and O–H groups in total.